The number of nitrogens with one attached hydrogen (secondary N) is 1. The minimum absolute atomic E-state index is 0.176. The van der Waals surface area contributed by atoms with E-state index in [1.54, 1.807) is 12.1 Å². The Morgan fingerprint density at radius 2 is 1.81 bits per heavy atom. The van der Waals surface area contributed by atoms with E-state index in [0.717, 1.165) is 25.6 Å². The van der Waals surface area contributed by atoms with Crippen LogP contribution in [-0.4, -0.2) is 44.6 Å². The first kappa shape index (κ1) is 18.1. The highest BCUT2D eigenvalue weighted by Gasteiger charge is 2.11. The lowest BCUT2D eigenvalue weighted by atomic mass is 10.0. The fraction of sp³-hybridized carbons (Fsp3) is 0.600. The van der Waals surface area contributed by atoms with Crippen molar-refractivity contribution in [3.8, 4) is 0 Å². The fourth-order valence-electron chi connectivity index (χ4n) is 2.11. The second-order valence-electron chi connectivity index (χ2n) is 5.30. The van der Waals surface area contributed by atoms with Crippen LogP contribution in [-0.2, 0) is 9.84 Å². The van der Waals surface area contributed by atoms with Gasteiger partial charge in [0.15, 0.2) is 9.84 Å². The van der Waals surface area contributed by atoms with E-state index in [2.05, 4.69) is 12.2 Å². The molecule has 1 aromatic carbocycles. The number of benzene rings is 1. The number of sulfone groups is 1. The first-order valence-electron chi connectivity index (χ1n) is 7.18. The molecule has 0 saturated heterocycles. The van der Waals surface area contributed by atoms with Crippen molar-refractivity contribution in [2.75, 3.05) is 26.0 Å². The van der Waals surface area contributed by atoms with Crippen molar-refractivity contribution in [3.63, 3.8) is 0 Å². The van der Waals surface area contributed by atoms with Crippen LogP contribution in [0, 0.1) is 5.92 Å². The van der Waals surface area contributed by atoms with Gasteiger partial charge in [0.05, 0.1) is 11.0 Å². The Balaban J connectivity index is 2.50. The second-order valence-corrected chi connectivity index (χ2v) is 7.32. The van der Waals surface area contributed by atoms with Gasteiger partial charge < -0.3 is 15.5 Å². The zero-order valence-electron chi connectivity index (χ0n) is 12.6. The molecule has 5 nitrogen and oxygen atoms in total. The van der Waals surface area contributed by atoms with Gasteiger partial charge in [-0.2, -0.15) is 0 Å². The summed E-state index contributed by atoms with van der Waals surface area (Å²) < 4.78 is 22.7. The van der Waals surface area contributed by atoms with Crippen molar-refractivity contribution in [3.05, 3.63) is 29.8 Å². The Bertz CT molecular complexity index is 513. The molecule has 0 bridgehead atoms. The van der Waals surface area contributed by atoms with Gasteiger partial charge in [-0.1, -0.05) is 25.5 Å². The predicted molar refractivity (Wildman–Crippen MR) is 82.9 cm³/mol. The lowest BCUT2D eigenvalue weighted by Gasteiger charge is -2.17. The van der Waals surface area contributed by atoms with Crippen molar-refractivity contribution in [1.29, 1.82) is 0 Å². The number of aliphatic hydroxyl groups is 2. The smallest absolute Gasteiger partial charge is 0.175 e. The molecule has 1 rings (SSSR count). The summed E-state index contributed by atoms with van der Waals surface area (Å²) in [6, 6.07) is 6.28. The van der Waals surface area contributed by atoms with Gasteiger partial charge >= 0.3 is 0 Å². The van der Waals surface area contributed by atoms with E-state index in [1.807, 2.05) is 0 Å². The van der Waals surface area contributed by atoms with Crippen LogP contribution in [0.15, 0.2) is 29.2 Å². The zero-order valence-corrected chi connectivity index (χ0v) is 13.4. The third-order valence-electron chi connectivity index (χ3n) is 3.58. The summed E-state index contributed by atoms with van der Waals surface area (Å²) in [7, 11) is -3.20. The first-order valence-corrected chi connectivity index (χ1v) is 9.07. The highest BCUT2D eigenvalue weighted by molar-refractivity contribution is 7.90. The first-order chi connectivity index (χ1) is 9.88. The molecule has 2 unspecified atom stereocenters. The Morgan fingerprint density at radius 1 is 1.19 bits per heavy atom. The summed E-state index contributed by atoms with van der Waals surface area (Å²) in [5.41, 5.74) is 0.685. The predicted octanol–water partition coefficient (Wildman–Crippen LogP) is 1.12. The maximum atomic E-state index is 11.4. The van der Waals surface area contributed by atoms with Gasteiger partial charge in [0.25, 0.3) is 0 Å². The van der Waals surface area contributed by atoms with Crippen molar-refractivity contribution >= 4 is 9.84 Å². The molecule has 0 saturated carbocycles. The van der Waals surface area contributed by atoms with Crippen LogP contribution in [0.3, 0.4) is 0 Å². The van der Waals surface area contributed by atoms with E-state index in [-0.39, 0.29) is 11.5 Å². The molecular formula is C15H25NO4S. The summed E-state index contributed by atoms with van der Waals surface area (Å²) in [5, 5.41) is 22.2. The molecule has 21 heavy (non-hydrogen) atoms. The Morgan fingerprint density at radius 3 is 2.29 bits per heavy atom. The van der Waals surface area contributed by atoms with Crippen LogP contribution >= 0.6 is 0 Å². The molecule has 0 aromatic heterocycles. The van der Waals surface area contributed by atoms with Gasteiger partial charge in [0.1, 0.15) is 0 Å². The van der Waals surface area contributed by atoms with Gasteiger partial charge in [0.2, 0.25) is 0 Å². The van der Waals surface area contributed by atoms with Gasteiger partial charge in [0, 0.05) is 19.4 Å². The van der Waals surface area contributed by atoms with Crippen molar-refractivity contribution in [1.82, 2.24) is 5.32 Å². The van der Waals surface area contributed by atoms with Gasteiger partial charge in [-0.15, -0.1) is 0 Å². The zero-order chi connectivity index (χ0) is 15.9. The van der Waals surface area contributed by atoms with E-state index < -0.39 is 15.9 Å². The normalized spacial score (nSPS) is 14.9. The standard InChI is InChI=1S/C15H25NO4S/c1-3-12(8-9-17)10-16-11-15(18)13-4-6-14(7-5-13)21(2,19)20/h4-7,12,15-18H,3,8-11H2,1-2H3. The van der Waals surface area contributed by atoms with Gasteiger partial charge in [-0.3, -0.25) is 0 Å². The highest BCUT2D eigenvalue weighted by Crippen LogP contribution is 2.16. The molecule has 0 spiro atoms. The molecule has 0 aliphatic rings. The molecule has 1 aromatic rings. The van der Waals surface area contributed by atoms with Gasteiger partial charge in [-0.25, -0.2) is 8.42 Å². The summed E-state index contributed by atoms with van der Waals surface area (Å²) in [4.78, 5) is 0.250. The Kier molecular flexibility index (Phi) is 7.31. The third-order valence-corrected chi connectivity index (χ3v) is 4.71. The molecule has 0 aliphatic heterocycles. The average Bonchev–Trinajstić information content (AvgIpc) is 2.45. The molecule has 120 valence electrons. The summed E-state index contributed by atoms with van der Waals surface area (Å²) >= 11 is 0. The number of hydrogen-bond donors (Lipinski definition) is 3. The van der Waals surface area contributed by atoms with Crippen molar-refractivity contribution in [2.24, 2.45) is 5.92 Å². The van der Waals surface area contributed by atoms with Crippen LogP contribution < -0.4 is 5.32 Å². The highest BCUT2D eigenvalue weighted by atomic mass is 32.2. The topological polar surface area (TPSA) is 86.6 Å². The van der Waals surface area contributed by atoms with Crippen LogP contribution in [0.4, 0.5) is 0 Å². The maximum Gasteiger partial charge on any atom is 0.175 e. The molecule has 0 amide bonds. The van der Waals surface area contributed by atoms with E-state index in [9.17, 15) is 13.5 Å². The molecule has 0 fully saturated rings. The molecule has 0 radical (unpaired) electrons. The van der Waals surface area contributed by atoms with Gasteiger partial charge in [-0.05, 0) is 36.6 Å². The molecule has 6 heteroatoms. The number of aliphatic hydroxyl groups excluding tert-OH is 2. The van der Waals surface area contributed by atoms with Crippen molar-refractivity contribution in [2.45, 2.75) is 30.8 Å². The van der Waals surface area contributed by atoms with Crippen LogP contribution in [0.1, 0.15) is 31.4 Å². The molecule has 3 N–H and O–H groups in total. The average molecular weight is 315 g/mol. The molecule has 2 atom stereocenters. The molecular weight excluding hydrogens is 290 g/mol. The second kappa shape index (κ2) is 8.48. The maximum absolute atomic E-state index is 11.4. The van der Waals surface area contributed by atoms with E-state index in [1.165, 1.54) is 12.1 Å². The Hall–Kier alpha value is -0.950. The fourth-order valence-corrected chi connectivity index (χ4v) is 2.74. The number of hydrogen-bond acceptors (Lipinski definition) is 5. The summed E-state index contributed by atoms with van der Waals surface area (Å²) in [6.45, 7) is 3.40. The summed E-state index contributed by atoms with van der Waals surface area (Å²) in [5.74, 6) is 0.398. The van der Waals surface area contributed by atoms with Crippen LogP contribution in [0.25, 0.3) is 0 Å². The van der Waals surface area contributed by atoms with E-state index in [0.29, 0.717) is 18.0 Å². The SMILES string of the molecule is CCC(CCO)CNCC(O)c1ccc(S(C)(=O)=O)cc1. The van der Waals surface area contributed by atoms with Crippen molar-refractivity contribution < 1.29 is 18.6 Å². The Labute approximate surface area is 126 Å². The minimum atomic E-state index is -3.20. The quantitative estimate of drug-likeness (QED) is 0.636. The minimum Gasteiger partial charge on any atom is -0.396 e. The third kappa shape index (κ3) is 6.13. The molecule has 0 aliphatic carbocycles. The molecule has 0 heterocycles. The lowest BCUT2D eigenvalue weighted by Crippen LogP contribution is -2.27. The van der Waals surface area contributed by atoms with E-state index >= 15 is 0 Å². The largest absolute Gasteiger partial charge is 0.396 e. The van der Waals surface area contributed by atoms with E-state index in [4.69, 9.17) is 5.11 Å². The lowest BCUT2D eigenvalue weighted by molar-refractivity contribution is 0.170. The number of rotatable bonds is 9. The van der Waals surface area contributed by atoms with Crippen LogP contribution in [0.5, 0.6) is 0 Å². The van der Waals surface area contributed by atoms with Crippen LogP contribution in [0.2, 0.25) is 0 Å². The summed E-state index contributed by atoms with van der Waals surface area (Å²) in [6.07, 6.45) is 2.21. The monoisotopic (exact) mass is 315 g/mol.